The van der Waals surface area contributed by atoms with Gasteiger partial charge in [0.05, 0.1) is 25.8 Å². The van der Waals surface area contributed by atoms with E-state index in [1.807, 2.05) is 37.3 Å². The molecule has 0 amide bonds. The number of nitrogens with zero attached hydrogens (tertiary/aromatic N) is 6. The molecule has 1 aromatic carbocycles. The van der Waals surface area contributed by atoms with Crippen LogP contribution >= 0.6 is 0 Å². The SMILES string of the molecule is Cc1onc(-c2ccccc2)c1-c1nnc(CN(CCC#N)CCN2CCOCC2)o1. The van der Waals surface area contributed by atoms with Gasteiger partial charge in [0.15, 0.2) is 0 Å². The van der Waals surface area contributed by atoms with Crippen LogP contribution in [0.25, 0.3) is 22.7 Å². The average molecular weight is 422 g/mol. The number of hydrogen-bond acceptors (Lipinski definition) is 9. The summed E-state index contributed by atoms with van der Waals surface area (Å²) in [5.41, 5.74) is 2.32. The molecule has 0 radical (unpaired) electrons. The van der Waals surface area contributed by atoms with Crippen LogP contribution < -0.4 is 0 Å². The molecular weight excluding hydrogens is 396 g/mol. The van der Waals surface area contributed by atoms with Gasteiger partial charge in [0.25, 0.3) is 5.89 Å². The van der Waals surface area contributed by atoms with Gasteiger partial charge >= 0.3 is 0 Å². The summed E-state index contributed by atoms with van der Waals surface area (Å²) in [6.07, 6.45) is 0.451. The van der Waals surface area contributed by atoms with E-state index in [4.69, 9.17) is 18.9 Å². The van der Waals surface area contributed by atoms with E-state index >= 15 is 0 Å². The zero-order valence-corrected chi connectivity index (χ0v) is 17.7. The molecule has 2 aromatic heterocycles. The Bertz CT molecular complexity index is 1000. The van der Waals surface area contributed by atoms with E-state index in [9.17, 15) is 0 Å². The lowest BCUT2D eigenvalue weighted by atomic mass is 10.1. The molecule has 4 rings (SSSR count). The molecule has 9 heteroatoms. The number of morpholine rings is 1. The second-order valence-electron chi connectivity index (χ2n) is 7.47. The number of ether oxygens (including phenoxy) is 1. The van der Waals surface area contributed by atoms with Crippen LogP contribution in [0.1, 0.15) is 18.1 Å². The van der Waals surface area contributed by atoms with Gasteiger partial charge in [-0.1, -0.05) is 35.5 Å². The highest BCUT2D eigenvalue weighted by Crippen LogP contribution is 2.33. The molecule has 0 bridgehead atoms. The number of benzene rings is 1. The number of aryl methyl sites for hydroxylation is 1. The van der Waals surface area contributed by atoms with E-state index in [0.29, 0.717) is 48.3 Å². The van der Waals surface area contributed by atoms with Gasteiger partial charge in [-0.25, -0.2) is 0 Å². The number of hydrogen-bond donors (Lipinski definition) is 0. The highest BCUT2D eigenvalue weighted by atomic mass is 16.5. The van der Waals surface area contributed by atoms with Gasteiger partial charge in [-0.05, 0) is 6.92 Å². The Balaban J connectivity index is 1.47. The smallest absolute Gasteiger partial charge is 0.253 e. The summed E-state index contributed by atoms with van der Waals surface area (Å²) >= 11 is 0. The molecule has 0 spiro atoms. The van der Waals surface area contributed by atoms with Crippen molar-refractivity contribution in [3.63, 3.8) is 0 Å². The van der Waals surface area contributed by atoms with E-state index in [1.165, 1.54) is 0 Å². The maximum absolute atomic E-state index is 9.02. The van der Waals surface area contributed by atoms with Crippen molar-refractivity contribution in [3.8, 4) is 28.8 Å². The molecule has 31 heavy (non-hydrogen) atoms. The Hall–Kier alpha value is -3.06. The maximum atomic E-state index is 9.02. The molecule has 0 aliphatic carbocycles. The summed E-state index contributed by atoms with van der Waals surface area (Å²) < 4.78 is 16.8. The number of aromatic nitrogens is 3. The Morgan fingerprint density at radius 2 is 1.94 bits per heavy atom. The van der Waals surface area contributed by atoms with Crippen LogP contribution in [-0.4, -0.2) is 71.1 Å². The molecule has 0 atom stereocenters. The summed E-state index contributed by atoms with van der Waals surface area (Å²) in [6.45, 7) is 8.13. The van der Waals surface area contributed by atoms with Crippen LogP contribution in [0.3, 0.4) is 0 Å². The van der Waals surface area contributed by atoms with Crippen molar-refractivity contribution in [1.29, 1.82) is 5.26 Å². The van der Waals surface area contributed by atoms with Crippen LogP contribution in [0, 0.1) is 18.3 Å². The van der Waals surface area contributed by atoms with Crippen molar-refractivity contribution < 1.29 is 13.7 Å². The zero-order valence-electron chi connectivity index (χ0n) is 17.7. The minimum absolute atomic E-state index is 0.390. The Morgan fingerprint density at radius 3 is 2.71 bits per heavy atom. The minimum Gasteiger partial charge on any atom is -0.419 e. The first-order chi connectivity index (χ1) is 15.2. The summed E-state index contributed by atoms with van der Waals surface area (Å²) in [7, 11) is 0. The molecule has 3 heterocycles. The Labute approximate surface area is 181 Å². The highest BCUT2D eigenvalue weighted by Gasteiger charge is 2.22. The minimum atomic E-state index is 0.390. The lowest BCUT2D eigenvalue weighted by Crippen LogP contribution is -2.41. The summed E-state index contributed by atoms with van der Waals surface area (Å²) in [5.74, 6) is 1.53. The summed E-state index contributed by atoms with van der Waals surface area (Å²) in [4.78, 5) is 4.54. The predicted octanol–water partition coefficient (Wildman–Crippen LogP) is 2.75. The first kappa shape index (κ1) is 21.2. The van der Waals surface area contributed by atoms with Crippen molar-refractivity contribution in [1.82, 2.24) is 25.2 Å². The van der Waals surface area contributed by atoms with Crippen molar-refractivity contribution in [3.05, 3.63) is 42.0 Å². The fourth-order valence-electron chi connectivity index (χ4n) is 3.61. The monoisotopic (exact) mass is 422 g/mol. The second-order valence-corrected chi connectivity index (χ2v) is 7.47. The van der Waals surface area contributed by atoms with E-state index < -0.39 is 0 Å². The van der Waals surface area contributed by atoms with Gasteiger partial charge in [0, 0.05) is 44.7 Å². The van der Waals surface area contributed by atoms with E-state index in [-0.39, 0.29) is 0 Å². The van der Waals surface area contributed by atoms with Gasteiger partial charge in [0.2, 0.25) is 5.89 Å². The highest BCUT2D eigenvalue weighted by molar-refractivity contribution is 5.77. The Morgan fingerprint density at radius 1 is 1.13 bits per heavy atom. The van der Waals surface area contributed by atoms with Gasteiger partial charge in [-0.2, -0.15) is 5.26 Å². The maximum Gasteiger partial charge on any atom is 0.253 e. The van der Waals surface area contributed by atoms with Crippen molar-refractivity contribution >= 4 is 0 Å². The lowest BCUT2D eigenvalue weighted by Gasteiger charge is -2.29. The third-order valence-corrected chi connectivity index (χ3v) is 5.33. The van der Waals surface area contributed by atoms with Crippen molar-refractivity contribution in [2.24, 2.45) is 0 Å². The molecule has 1 aliphatic heterocycles. The molecule has 1 fully saturated rings. The molecule has 162 valence electrons. The predicted molar refractivity (Wildman–Crippen MR) is 113 cm³/mol. The van der Waals surface area contributed by atoms with E-state index in [2.05, 4.69) is 31.2 Å². The fourth-order valence-corrected chi connectivity index (χ4v) is 3.61. The first-order valence-corrected chi connectivity index (χ1v) is 10.5. The van der Waals surface area contributed by atoms with Crippen molar-refractivity contribution in [2.75, 3.05) is 45.9 Å². The topological polar surface area (TPSA) is 104 Å². The summed E-state index contributed by atoms with van der Waals surface area (Å²) in [5, 5.41) is 21.7. The van der Waals surface area contributed by atoms with Crippen molar-refractivity contribution in [2.45, 2.75) is 19.9 Å². The fraction of sp³-hybridized carbons (Fsp3) is 0.455. The standard InChI is InChI=1S/C22H26N6O3/c1-17-20(21(26-31-17)18-6-3-2-4-7-18)22-25-24-19(30-22)16-28(9-5-8-23)11-10-27-12-14-29-15-13-27/h2-4,6-7H,5,9-16H2,1H3. The molecular formula is C22H26N6O3. The van der Waals surface area contributed by atoms with E-state index in [0.717, 1.165) is 45.0 Å². The molecule has 1 saturated heterocycles. The largest absolute Gasteiger partial charge is 0.419 e. The molecule has 1 aliphatic rings. The number of rotatable bonds is 9. The van der Waals surface area contributed by atoms with Crippen LogP contribution in [0.4, 0.5) is 0 Å². The van der Waals surface area contributed by atoms with Crippen LogP contribution in [-0.2, 0) is 11.3 Å². The average Bonchev–Trinajstić information content (AvgIpc) is 3.43. The van der Waals surface area contributed by atoms with Crippen LogP contribution in [0.2, 0.25) is 0 Å². The Kier molecular flexibility index (Phi) is 7.04. The molecule has 0 N–H and O–H groups in total. The van der Waals surface area contributed by atoms with Gasteiger partial charge in [-0.3, -0.25) is 9.80 Å². The number of nitriles is 1. The van der Waals surface area contributed by atoms with Crippen LogP contribution in [0.5, 0.6) is 0 Å². The third-order valence-electron chi connectivity index (χ3n) is 5.33. The molecule has 3 aromatic rings. The third kappa shape index (κ3) is 5.35. The zero-order chi connectivity index (χ0) is 21.5. The second kappa shape index (κ2) is 10.3. The molecule has 0 unspecified atom stereocenters. The lowest BCUT2D eigenvalue weighted by molar-refractivity contribution is 0.0326. The van der Waals surface area contributed by atoms with Crippen LogP contribution in [0.15, 0.2) is 39.3 Å². The quantitative estimate of drug-likeness (QED) is 0.515. The normalized spacial score (nSPS) is 14.7. The van der Waals surface area contributed by atoms with Gasteiger partial charge in [0.1, 0.15) is 17.0 Å². The molecule has 9 nitrogen and oxygen atoms in total. The summed E-state index contributed by atoms with van der Waals surface area (Å²) in [6, 6.07) is 12.0. The van der Waals surface area contributed by atoms with E-state index in [1.54, 1.807) is 0 Å². The molecule has 0 saturated carbocycles. The first-order valence-electron chi connectivity index (χ1n) is 10.5. The van der Waals surface area contributed by atoms with Gasteiger partial charge < -0.3 is 13.7 Å². The van der Waals surface area contributed by atoms with Gasteiger partial charge in [-0.15, -0.1) is 10.2 Å².